The molecule has 2 heterocycles. The van der Waals surface area contributed by atoms with Crippen LogP contribution in [0.25, 0.3) is 0 Å². The first-order valence-corrected chi connectivity index (χ1v) is 13.6. The number of carbonyl (C=O) groups is 2. The molecular weight excluding hydrogens is 466 g/mol. The molecule has 0 saturated carbocycles. The highest BCUT2D eigenvalue weighted by atomic mass is 32.2. The van der Waals surface area contributed by atoms with E-state index in [1.54, 1.807) is 25.7 Å². The van der Waals surface area contributed by atoms with E-state index < -0.39 is 27.4 Å². The van der Waals surface area contributed by atoms with Gasteiger partial charge in [-0.2, -0.15) is 4.99 Å². The zero-order valence-electron chi connectivity index (χ0n) is 19.4. The van der Waals surface area contributed by atoms with Gasteiger partial charge in [-0.3, -0.25) is 4.79 Å². The molecule has 0 aliphatic carbocycles. The summed E-state index contributed by atoms with van der Waals surface area (Å²) in [4.78, 5) is 30.3. The van der Waals surface area contributed by atoms with E-state index >= 15 is 0 Å². The number of ether oxygens (including phenoxy) is 2. The fourth-order valence-electron chi connectivity index (χ4n) is 3.53. The Labute approximate surface area is 199 Å². The zero-order valence-corrected chi connectivity index (χ0v) is 21.0. The van der Waals surface area contributed by atoms with Gasteiger partial charge in [0.25, 0.3) is 5.91 Å². The summed E-state index contributed by atoms with van der Waals surface area (Å²) >= 11 is 1.28. The SMILES string of the molecule is CCCCOc1cccc(N2C(=NC(=O)CNC(=O)OC(C)(C)C)S[C@@H]3CS(=O)(=O)C[C@@H]32)c1. The number of hydrogen-bond acceptors (Lipinski definition) is 7. The molecule has 2 atom stereocenters. The lowest BCUT2D eigenvalue weighted by Crippen LogP contribution is -2.38. The number of carbonyl (C=O) groups excluding carboxylic acids is 2. The van der Waals surface area contributed by atoms with Crippen LogP contribution in [0.2, 0.25) is 0 Å². The summed E-state index contributed by atoms with van der Waals surface area (Å²) in [6.07, 6.45) is 1.24. The van der Waals surface area contributed by atoms with E-state index in [0.717, 1.165) is 12.8 Å². The maximum Gasteiger partial charge on any atom is 0.408 e. The number of nitrogens with zero attached hydrogens (tertiary/aromatic N) is 2. The Balaban J connectivity index is 1.78. The second-order valence-corrected chi connectivity index (χ2v) is 12.4. The van der Waals surface area contributed by atoms with E-state index in [2.05, 4.69) is 17.2 Å². The fourth-order valence-corrected chi connectivity index (χ4v) is 7.46. The van der Waals surface area contributed by atoms with Crippen LogP contribution < -0.4 is 15.0 Å². The first-order chi connectivity index (χ1) is 15.5. The number of nitrogens with one attached hydrogen (secondary N) is 1. The molecule has 2 saturated heterocycles. The second-order valence-electron chi connectivity index (χ2n) is 9.01. The van der Waals surface area contributed by atoms with Crippen molar-refractivity contribution in [3.8, 4) is 5.75 Å². The van der Waals surface area contributed by atoms with Gasteiger partial charge in [0, 0.05) is 17.0 Å². The van der Waals surface area contributed by atoms with E-state index in [0.29, 0.717) is 23.2 Å². The topological polar surface area (TPSA) is 114 Å². The van der Waals surface area contributed by atoms with Crippen molar-refractivity contribution in [1.29, 1.82) is 0 Å². The number of amides is 2. The molecule has 0 aromatic heterocycles. The van der Waals surface area contributed by atoms with Gasteiger partial charge in [-0.15, -0.1) is 0 Å². The van der Waals surface area contributed by atoms with Crippen molar-refractivity contribution in [1.82, 2.24) is 5.32 Å². The lowest BCUT2D eigenvalue weighted by molar-refractivity contribution is -0.117. The monoisotopic (exact) mass is 497 g/mol. The van der Waals surface area contributed by atoms with Crippen molar-refractivity contribution in [2.75, 3.05) is 29.6 Å². The fraction of sp³-hybridized carbons (Fsp3) is 0.591. The molecule has 0 unspecified atom stereocenters. The lowest BCUT2D eigenvalue weighted by atomic mass is 10.2. The van der Waals surface area contributed by atoms with Crippen molar-refractivity contribution in [2.24, 2.45) is 4.99 Å². The molecule has 0 bridgehead atoms. The number of sulfone groups is 1. The summed E-state index contributed by atoms with van der Waals surface area (Å²) in [7, 11) is -3.17. The number of aliphatic imine (C=N–C) groups is 1. The van der Waals surface area contributed by atoms with Crippen molar-refractivity contribution in [2.45, 2.75) is 57.4 Å². The molecule has 2 aliphatic heterocycles. The Morgan fingerprint density at radius 2 is 2.03 bits per heavy atom. The third-order valence-electron chi connectivity index (χ3n) is 4.93. The number of anilines is 1. The molecule has 0 spiro atoms. The standard InChI is InChI=1S/C22H31N3O6S2/c1-5-6-10-30-16-9-7-8-15(11-16)25-17-13-33(28,29)14-18(17)32-20(25)24-19(26)12-23-21(27)31-22(2,3)4/h7-9,11,17-18H,5-6,10,12-14H2,1-4H3,(H,23,27)/t17-,18+/m0/s1. The summed E-state index contributed by atoms with van der Waals surface area (Å²) in [6, 6.07) is 7.04. The number of thioether (sulfide) groups is 1. The van der Waals surface area contributed by atoms with Crippen molar-refractivity contribution >= 4 is 44.5 Å². The molecular formula is C22H31N3O6S2. The average Bonchev–Trinajstić information content (AvgIpc) is 3.16. The molecule has 1 aromatic rings. The van der Waals surface area contributed by atoms with Crippen molar-refractivity contribution < 1.29 is 27.5 Å². The Bertz CT molecular complexity index is 1020. The normalized spacial score (nSPS) is 22.8. The van der Waals surface area contributed by atoms with E-state index in [4.69, 9.17) is 9.47 Å². The summed E-state index contributed by atoms with van der Waals surface area (Å²) in [5, 5.41) is 2.61. The van der Waals surface area contributed by atoms with Crippen LogP contribution in [0.4, 0.5) is 10.5 Å². The predicted molar refractivity (Wildman–Crippen MR) is 130 cm³/mol. The number of hydrogen-bond donors (Lipinski definition) is 1. The minimum atomic E-state index is -3.17. The molecule has 11 heteroatoms. The number of amidine groups is 1. The number of alkyl carbamates (subject to hydrolysis) is 1. The average molecular weight is 498 g/mol. The van der Waals surface area contributed by atoms with Crippen LogP contribution in [0.15, 0.2) is 29.3 Å². The quantitative estimate of drug-likeness (QED) is 0.572. The Morgan fingerprint density at radius 3 is 2.73 bits per heavy atom. The summed E-state index contributed by atoms with van der Waals surface area (Å²) in [5.74, 6) is 0.156. The van der Waals surface area contributed by atoms with Gasteiger partial charge in [-0.25, -0.2) is 13.2 Å². The zero-order chi connectivity index (χ0) is 24.2. The lowest BCUT2D eigenvalue weighted by Gasteiger charge is -2.25. The molecule has 1 aromatic carbocycles. The van der Waals surface area contributed by atoms with Crippen LogP contribution in [0.3, 0.4) is 0 Å². The van der Waals surface area contributed by atoms with E-state index in [1.807, 2.05) is 24.3 Å². The summed E-state index contributed by atoms with van der Waals surface area (Å²) in [5.41, 5.74) is 0.0392. The molecule has 0 radical (unpaired) electrons. The van der Waals surface area contributed by atoms with Crippen LogP contribution in [0.1, 0.15) is 40.5 Å². The number of unbranched alkanes of at least 4 members (excludes halogenated alkanes) is 1. The summed E-state index contributed by atoms with van der Waals surface area (Å²) in [6.45, 7) is 7.54. The third-order valence-corrected chi connectivity index (χ3v) is 8.14. The minimum Gasteiger partial charge on any atom is -0.494 e. The molecule has 2 amide bonds. The molecule has 1 N–H and O–H groups in total. The smallest absolute Gasteiger partial charge is 0.408 e. The van der Waals surface area contributed by atoms with Gasteiger partial charge in [-0.05, 0) is 39.3 Å². The van der Waals surface area contributed by atoms with Crippen LogP contribution in [-0.2, 0) is 19.4 Å². The van der Waals surface area contributed by atoms with Crippen LogP contribution in [0.5, 0.6) is 5.75 Å². The van der Waals surface area contributed by atoms with E-state index in [1.165, 1.54) is 11.8 Å². The van der Waals surface area contributed by atoms with Gasteiger partial charge in [0.1, 0.15) is 17.9 Å². The molecule has 2 aliphatic rings. The largest absolute Gasteiger partial charge is 0.494 e. The first-order valence-electron chi connectivity index (χ1n) is 10.9. The first kappa shape index (κ1) is 25.4. The second kappa shape index (κ2) is 10.3. The highest BCUT2D eigenvalue weighted by molar-refractivity contribution is 8.16. The van der Waals surface area contributed by atoms with Gasteiger partial charge in [0.05, 0.1) is 24.2 Å². The van der Waals surface area contributed by atoms with Crippen molar-refractivity contribution in [3.63, 3.8) is 0 Å². The number of benzene rings is 1. The summed E-state index contributed by atoms with van der Waals surface area (Å²) < 4.78 is 35.4. The van der Waals surface area contributed by atoms with Crippen LogP contribution >= 0.6 is 11.8 Å². The third kappa shape index (κ3) is 7.10. The molecule has 33 heavy (non-hydrogen) atoms. The van der Waals surface area contributed by atoms with Crippen molar-refractivity contribution in [3.05, 3.63) is 24.3 Å². The number of rotatable bonds is 7. The van der Waals surface area contributed by atoms with Gasteiger partial charge in [-0.1, -0.05) is 31.2 Å². The highest BCUT2D eigenvalue weighted by Gasteiger charge is 2.49. The Hall–Kier alpha value is -2.27. The molecule has 3 rings (SSSR count). The van der Waals surface area contributed by atoms with Gasteiger partial charge < -0.3 is 19.7 Å². The Morgan fingerprint density at radius 1 is 1.27 bits per heavy atom. The molecule has 182 valence electrons. The Kier molecular flexibility index (Phi) is 7.94. The number of fused-ring (bicyclic) bond motifs is 1. The maximum atomic E-state index is 12.5. The minimum absolute atomic E-state index is 0.00500. The van der Waals surface area contributed by atoms with Gasteiger partial charge >= 0.3 is 6.09 Å². The maximum absolute atomic E-state index is 12.5. The van der Waals surface area contributed by atoms with Gasteiger partial charge in [0.15, 0.2) is 15.0 Å². The highest BCUT2D eigenvalue weighted by Crippen LogP contribution is 2.41. The molecule has 9 nitrogen and oxygen atoms in total. The van der Waals surface area contributed by atoms with Crippen LogP contribution in [0, 0.1) is 0 Å². The molecule has 2 fully saturated rings. The predicted octanol–water partition coefficient (Wildman–Crippen LogP) is 2.99. The van der Waals surface area contributed by atoms with Gasteiger partial charge in [0.2, 0.25) is 0 Å². The van der Waals surface area contributed by atoms with Crippen LogP contribution in [-0.4, -0.2) is 67.1 Å². The van der Waals surface area contributed by atoms with E-state index in [9.17, 15) is 18.0 Å². The van der Waals surface area contributed by atoms with E-state index in [-0.39, 0.29) is 29.3 Å².